The predicted molar refractivity (Wildman–Crippen MR) is 101 cm³/mol. The van der Waals surface area contributed by atoms with Gasteiger partial charge in [-0.1, -0.05) is 30.3 Å². The number of hydrogen-bond acceptors (Lipinski definition) is 4. The highest BCUT2D eigenvalue weighted by Gasteiger charge is 2.18. The molecule has 2 heterocycles. The molecule has 0 radical (unpaired) electrons. The molecule has 1 aliphatic rings. The maximum atomic E-state index is 9.55. The first-order valence-electron chi connectivity index (χ1n) is 8.04. The van der Waals surface area contributed by atoms with Crippen LogP contribution in [-0.4, -0.2) is 28.0 Å². The van der Waals surface area contributed by atoms with Gasteiger partial charge in [-0.05, 0) is 23.6 Å². The third-order valence-corrected chi connectivity index (χ3v) is 3.75. The van der Waals surface area contributed by atoms with E-state index in [0.29, 0.717) is 18.7 Å². The molecule has 3 aromatic rings. The number of benzene rings is 2. The Morgan fingerprint density at radius 1 is 1.00 bits per heavy atom. The van der Waals surface area contributed by atoms with Crippen LogP contribution < -0.4 is 5.32 Å². The molecule has 4 rings (SSSR count). The van der Waals surface area contributed by atoms with Crippen molar-refractivity contribution >= 4 is 34.2 Å². The van der Waals surface area contributed by atoms with Gasteiger partial charge in [0, 0.05) is 28.8 Å². The monoisotopic (exact) mass is 364 g/mol. The maximum Gasteiger partial charge on any atom is 0.328 e. The summed E-state index contributed by atoms with van der Waals surface area (Å²) in [6.07, 6.45) is 2.79. The minimum Gasteiger partial charge on any atom is -0.478 e. The normalized spacial score (nSPS) is 13.4. The molecule has 0 amide bonds. The molecule has 7 nitrogen and oxygen atoms in total. The number of rotatable bonds is 4. The Morgan fingerprint density at radius 2 is 1.70 bits per heavy atom. The summed E-state index contributed by atoms with van der Waals surface area (Å²) in [5.41, 5.74) is 2.30. The van der Waals surface area contributed by atoms with Crippen LogP contribution in [0.2, 0.25) is 0 Å². The van der Waals surface area contributed by atoms with Crippen LogP contribution >= 0.6 is 0 Å². The average molecular weight is 364 g/mol. The highest BCUT2D eigenvalue weighted by atomic mass is 16.4. The molecule has 0 aliphatic carbocycles. The lowest BCUT2D eigenvalue weighted by Crippen LogP contribution is -2.07. The van der Waals surface area contributed by atoms with E-state index in [1.54, 1.807) is 6.26 Å². The zero-order chi connectivity index (χ0) is 19.2. The lowest BCUT2D eigenvalue weighted by atomic mass is 10.1. The molecular weight excluding hydrogens is 348 g/mol. The van der Waals surface area contributed by atoms with Gasteiger partial charge in [0.1, 0.15) is 11.6 Å². The number of carbonyl (C=O) groups is 2. The Morgan fingerprint density at radius 3 is 2.33 bits per heavy atom. The van der Waals surface area contributed by atoms with Crippen molar-refractivity contribution in [3.8, 4) is 0 Å². The average Bonchev–Trinajstić information content (AvgIpc) is 3.29. The van der Waals surface area contributed by atoms with E-state index in [1.165, 1.54) is 16.3 Å². The minimum atomic E-state index is -1.26. The fourth-order valence-corrected chi connectivity index (χ4v) is 2.66. The third-order valence-electron chi connectivity index (χ3n) is 3.75. The number of carboxylic acids is 2. The lowest BCUT2D eigenvalue weighted by Gasteiger charge is -1.99. The van der Waals surface area contributed by atoms with Crippen LogP contribution in [0.1, 0.15) is 11.3 Å². The van der Waals surface area contributed by atoms with Crippen molar-refractivity contribution in [1.29, 1.82) is 0 Å². The topological polar surface area (TPSA) is 112 Å². The molecule has 1 aliphatic heterocycles. The van der Waals surface area contributed by atoms with Crippen LogP contribution in [-0.2, 0) is 16.1 Å². The summed E-state index contributed by atoms with van der Waals surface area (Å²) < 4.78 is 5.31. The third kappa shape index (κ3) is 4.40. The Hall–Kier alpha value is -3.87. The van der Waals surface area contributed by atoms with Crippen LogP contribution in [0.25, 0.3) is 10.8 Å². The number of hydrogen-bond donors (Lipinski definition) is 3. The molecule has 0 spiro atoms. The van der Waals surface area contributed by atoms with Crippen molar-refractivity contribution in [3.63, 3.8) is 0 Å². The van der Waals surface area contributed by atoms with E-state index in [9.17, 15) is 9.59 Å². The van der Waals surface area contributed by atoms with Crippen LogP contribution in [0.15, 0.2) is 76.4 Å². The molecule has 0 saturated carbocycles. The van der Waals surface area contributed by atoms with Gasteiger partial charge in [0.25, 0.3) is 0 Å². The molecule has 3 N–H and O–H groups in total. The summed E-state index contributed by atoms with van der Waals surface area (Å²) >= 11 is 0. The second kappa shape index (κ2) is 8.01. The Labute approximate surface area is 154 Å². The summed E-state index contributed by atoms with van der Waals surface area (Å²) in [4.78, 5) is 23.7. The van der Waals surface area contributed by atoms with Gasteiger partial charge in [-0.2, -0.15) is 0 Å². The van der Waals surface area contributed by atoms with E-state index in [4.69, 9.17) is 14.6 Å². The molecule has 0 saturated heterocycles. The summed E-state index contributed by atoms with van der Waals surface area (Å²) in [5, 5.41) is 21.5. The summed E-state index contributed by atoms with van der Waals surface area (Å²) in [6.45, 7) is 0.555. The van der Waals surface area contributed by atoms with E-state index in [1.807, 2.05) is 12.1 Å². The zero-order valence-electron chi connectivity index (χ0n) is 14.1. The van der Waals surface area contributed by atoms with Gasteiger partial charge in [-0.25, -0.2) is 9.59 Å². The van der Waals surface area contributed by atoms with Gasteiger partial charge in [0.05, 0.1) is 12.8 Å². The molecule has 0 unspecified atom stereocenters. The molecule has 27 heavy (non-hydrogen) atoms. The van der Waals surface area contributed by atoms with Gasteiger partial charge < -0.3 is 19.9 Å². The van der Waals surface area contributed by atoms with Gasteiger partial charge in [-0.3, -0.25) is 4.99 Å². The number of carboxylic acid groups (broad SMARTS) is 2. The number of amidine groups is 1. The molecule has 0 atom stereocenters. The lowest BCUT2D eigenvalue weighted by molar-refractivity contribution is -0.134. The van der Waals surface area contributed by atoms with Crippen molar-refractivity contribution in [1.82, 2.24) is 0 Å². The number of aliphatic carboxylic acids is 2. The van der Waals surface area contributed by atoms with E-state index in [2.05, 4.69) is 46.7 Å². The first-order chi connectivity index (χ1) is 13.0. The standard InChI is InChI=1S/C16H12N2O.C4H4O4/c1-4-11-5-2-8-14-15(11)13(7-1)16(18-14)17-10-12-6-3-9-19-12;5-3(6)1-2-4(7)8/h1-9H,10H2,(H,17,18);1-2H,(H,5,6)(H,7,8). The number of furan rings is 1. The number of nitrogens with zero attached hydrogens (tertiary/aromatic N) is 1. The highest BCUT2D eigenvalue weighted by Crippen LogP contribution is 2.33. The van der Waals surface area contributed by atoms with E-state index in [0.717, 1.165) is 17.3 Å². The van der Waals surface area contributed by atoms with Crippen molar-refractivity contribution in [3.05, 3.63) is 78.3 Å². The van der Waals surface area contributed by atoms with Crippen LogP contribution in [0.3, 0.4) is 0 Å². The van der Waals surface area contributed by atoms with E-state index < -0.39 is 11.9 Å². The Balaban J connectivity index is 0.000000226. The number of anilines is 1. The van der Waals surface area contributed by atoms with Crippen molar-refractivity contribution in [2.75, 3.05) is 5.32 Å². The Kier molecular flexibility index (Phi) is 5.32. The van der Waals surface area contributed by atoms with E-state index in [-0.39, 0.29) is 0 Å². The molecular formula is C20H16N2O5. The van der Waals surface area contributed by atoms with E-state index >= 15 is 0 Å². The molecule has 0 fully saturated rings. The predicted octanol–water partition coefficient (Wildman–Crippen LogP) is 3.52. The minimum absolute atomic E-state index is 0.555. The van der Waals surface area contributed by atoms with Gasteiger partial charge in [-0.15, -0.1) is 0 Å². The number of nitrogens with one attached hydrogen (secondary N) is 1. The van der Waals surface area contributed by atoms with Crippen LogP contribution in [0, 0.1) is 0 Å². The van der Waals surface area contributed by atoms with Gasteiger partial charge in [0.15, 0.2) is 0 Å². The number of aliphatic imine (C=N–C) groups is 1. The summed E-state index contributed by atoms with van der Waals surface area (Å²) in [5.74, 6) is -0.722. The molecule has 136 valence electrons. The second-order valence-corrected chi connectivity index (χ2v) is 5.59. The maximum absolute atomic E-state index is 9.55. The fraction of sp³-hybridized carbons (Fsp3) is 0.0500. The van der Waals surface area contributed by atoms with Crippen LogP contribution in [0.4, 0.5) is 5.69 Å². The smallest absolute Gasteiger partial charge is 0.328 e. The summed E-state index contributed by atoms with van der Waals surface area (Å²) in [7, 11) is 0. The van der Waals surface area contributed by atoms with Crippen molar-refractivity contribution < 1.29 is 24.2 Å². The first-order valence-corrected chi connectivity index (χ1v) is 8.04. The largest absolute Gasteiger partial charge is 0.478 e. The van der Waals surface area contributed by atoms with Gasteiger partial charge in [0.2, 0.25) is 0 Å². The quantitative estimate of drug-likeness (QED) is 0.611. The molecule has 1 aromatic heterocycles. The first kappa shape index (κ1) is 17.9. The second-order valence-electron chi connectivity index (χ2n) is 5.59. The zero-order valence-corrected chi connectivity index (χ0v) is 14.1. The fourth-order valence-electron chi connectivity index (χ4n) is 2.66. The van der Waals surface area contributed by atoms with Gasteiger partial charge >= 0.3 is 11.9 Å². The molecule has 7 heteroatoms. The van der Waals surface area contributed by atoms with Crippen molar-refractivity contribution in [2.24, 2.45) is 4.99 Å². The van der Waals surface area contributed by atoms with Crippen molar-refractivity contribution in [2.45, 2.75) is 6.54 Å². The summed E-state index contributed by atoms with van der Waals surface area (Å²) in [6, 6.07) is 16.4. The Bertz CT molecular complexity index is 1010. The highest BCUT2D eigenvalue weighted by molar-refractivity contribution is 6.25. The molecule has 2 aromatic carbocycles. The van der Waals surface area contributed by atoms with Crippen LogP contribution in [0.5, 0.6) is 0 Å². The molecule has 0 bridgehead atoms. The SMILES string of the molecule is O=C(O)C=CC(=O)O.c1coc(CN=C2Nc3cccc4cccc2c34)c1.